The molecular weight excluding hydrogens is 210 g/mol. The molecule has 0 saturated carbocycles. The van der Waals surface area contributed by atoms with Crippen LogP contribution in [0.5, 0.6) is 5.75 Å². The van der Waals surface area contributed by atoms with Crippen LogP contribution in [-0.2, 0) is 0 Å². The maximum atomic E-state index is 5.76. The zero-order chi connectivity index (χ0) is 12.3. The van der Waals surface area contributed by atoms with Gasteiger partial charge in [0.05, 0.1) is 6.10 Å². The lowest BCUT2D eigenvalue weighted by molar-refractivity contribution is 0.242. The molecule has 17 heavy (non-hydrogen) atoms. The van der Waals surface area contributed by atoms with E-state index in [1.165, 1.54) is 18.4 Å². The molecule has 0 amide bonds. The molecule has 94 valence electrons. The van der Waals surface area contributed by atoms with Crippen LogP contribution in [-0.4, -0.2) is 18.7 Å². The topological polar surface area (TPSA) is 21.3 Å². The minimum atomic E-state index is 0.247. The molecule has 1 heterocycles. The van der Waals surface area contributed by atoms with Gasteiger partial charge >= 0.3 is 0 Å². The summed E-state index contributed by atoms with van der Waals surface area (Å²) in [4.78, 5) is 0. The van der Waals surface area contributed by atoms with E-state index in [0.717, 1.165) is 12.3 Å². The van der Waals surface area contributed by atoms with Crippen molar-refractivity contribution in [2.24, 2.45) is 0 Å². The first kappa shape index (κ1) is 12.4. The largest absolute Gasteiger partial charge is 0.491 e. The van der Waals surface area contributed by atoms with Gasteiger partial charge in [-0.15, -0.1) is 0 Å². The first-order valence-corrected chi connectivity index (χ1v) is 6.65. The number of piperidine rings is 1. The molecule has 2 heteroatoms. The summed E-state index contributed by atoms with van der Waals surface area (Å²) in [6.45, 7) is 7.53. The van der Waals surface area contributed by atoms with Gasteiger partial charge in [0.1, 0.15) is 5.75 Å². The zero-order valence-corrected chi connectivity index (χ0v) is 11.1. The normalized spacial score (nSPS) is 24.9. The van der Waals surface area contributed by atoms with Crippen LogP contribution < -0.4 is 10.1 Å². The molecule has 0 spiro atoms. The van der Waals surface area contributed by atoms with Crippen LogP contribution in [0.2, 0.25) is 0 Å². The summed E-state index contributed by atoms with van der Waals surface area (Å²) < 4.78 is 5.76. The molecule has 2 nitrogen and oxygen atoms in total. The predicted octanol–water partition coefficient (Wildman–Crippen LogP) is 3.33. The summed E-state index contributed by atoms with van der Waals surface area (Å²) in [5.41, 5.74) is 1.43. The average Bonchev–Trinajstić information content (AvgIpc) is 2.28. The van der Waals surface area contributed by atoms with E-state index in [9.17, 15) is 0 Å². The Morgan fingerprint density at radius 1 is 1.35 bits per heavy atom. The minimum absolute atomic E-state index is 0.247. The van der Waals surface area contributed by atoms with Gasteiger partial charge in [0.2, 0.25) is 0 Å². The van der Waals surface area contributed by atoms with E-state index in [2.05, 4.69) is 44.3 Å². The average molecular weight is 233 g/mol. The smallest absolute Gasteiger partial charge is 0.119 e. The second kappa shape index (κ2) is 5.54. The first-order chi connectivity index (χ1) is 8.15. The fraction of sp³-hybridized carbons (Fsp3) is 0.600. The molecule has 2 atom stereocenters. The molecule has 0 radical (unpaired) electrons. The van der Waals surface area contributed by atoms with Crippen molar-refractivity contribution in [2.75, 3.05) is 6.54 Å². The van der Waals surface area contributed by atoms with E-state index >= 15 is 0 Å². The highest BCUT2D eigenvalue weighted by Gasteiger charge is 2.20. The molecule has 1 N–H and O–H groups in total. The third-order valence-electron chi connectivity index (χ3n) is 3.32. The highest BCUT2D eigenvalue weighted by atomic mass is 16.5. The lowest BCUT2D eigenvalue weighted by Gasteiger charge is -2.28. The Morgan fingerprint density at radius 2 is 2.18 bits per heavy atom. The highest BCUT2D eigenvalue weighted by molar-refractivity contribution is 5.31. The van der Waals surface area contributed by atoms with Crippen molar-refractivity contribution in [1.82, 2.24) is 5.32 Å². The summed E-state index contributed by atoms with van der Waals surface area (Å²) in [6, 6.07) is 9.23. The lowest BCUT2D eigenvalue weighted by atomic mass is 9.87. The molecule has 0 aromatic heterocycles. The Labute approximate surface area is 104 Å². The molecule has 1 aromatic rings. The molecule has 1 aromatic carbocycles. The number of nitrogens with one attached hydrogen (secondary N) is 1. The van der Waals surface area contributed by atoms with E-state index in [-0.39, 0.29) is 6.10 Å². The Balaban J connectivity index is 2.09. The first-order valence-electron chi connectivity index (χ1n) is 6.65. The second-order valence-corrected chi connectivity index (χ2v) is 5.32. The summed E-state index contributed by atoms with van der Waals surface area (Å²) in [5, 5.41) is 3.50. The van der Waals surface area contributed by atoms with Crippen LogP contribution in [0.4, 0.5) is 0 Å². The van der Waals surface area contributed by atoms with Gasteiger partial charge < -0.3 is 10.1 Å². The molecule has 1 saturated heterocycles. The molecule has 2 rings (SSSR count). The van der Waals surface area contributed by atoms with Crippen molar-refractivity contribution in [1.29, 1.82) is 0 Å². The maximum Gasteiger partial charge on any atom is 0.119 e. The Hall–Kier alpha value is -1.02. The summed E-state index contributed by atoms with van der Waals surface area (Å²) in [7, 11) is 0. The van der Waals surface area contributed by atoms with E-state index < -0.39 is 0 Å². The van der Waals surface area contributed by atoms with Gasteiger partial charge in [0.25, 0.3) is 0 Å². The summed E-state index contributed by atoms with van der Waals surface area (Å²) in [6.07, 6.45) is 2.71. The number of rotatable bonds is 3. The standard InChI is InChI=1S/C15H23NO/c1-11(2)17-15-6-4-5-13(10-15)14-7-8-16-12(3)9-14/h4-6,10-12,14,16H,7-9H2,1-3H3. The van der Waals surface area contributed by atoms with E-state index in [1.54, 1.807) is 0 Å². The van der Waals surface area contributed by atoms with E-state index in [1.807, 2.05) is 6.07 Å². The molecule has 2 unspecified atom stereocenters. The van der Waals surface area contributed by atoms with Crippen LogP contribution in [0.3, 0.4) is 0 Å². The summed E-state index contributed by atoms with van der Waals surface area (Å²) >= 11 is 0. The van der Waals surface area contributed by atoms with Crippen molar-refractivity contribution >= 4 is 0 Å². The fourth-order valence-corrected chi connectivity index (χ4v) is 2.55. The maximum absolute atomic E-state index is 5.76. The number of hydrogen-bond acceptors (Lipinski definition) is 2. The van der Waals surface area contributed by atoms with Crippen LogP contribution in [0.1, 0.15) is 45.1 Å². The molecule has 0 aliphatic carbocycles. The Kier molecular flexibility index (Phi) is 4.06. The van der Waals surface area contributed by atoms with Gasteiger partial charge in [-0.25, -0.2) is 0 Å². The minimum Gasteiger partial charge on any atom is -0.491 e. The molecule has 1 aliphatic heterocycles. The molecular formula is C15H23NO. The van der Waals surface area contributed by atoms with Crippen LogP contribution >= 0.6 is 0 Å². The predicted molar refractivity (Wildman–Crippen MR) is 71.6 cm³/mol. The third kappa shape index (κ3) is 3.47. The second-order valence-electron chi connectivity index (χ2n) is 5.32. The Morgan fingerprint density at radius 3 is 2.88 bits per heavy atom. The lowest BCUT2D eigenvalue weighted by Crippen LogP contribution is -2.34. The quantitative estimate of drug-likeness (QED) is 0.864. The van der Waals surface area contributed by atoms with Gasteiger partial charge in [-0.2, -0.15) is 0 Å². The van der Waals surface area contributed by atoms with Crippen LogP contribution in [0.25, 0.3) is 0 Å². The molecule has 0 bridgehead atoms. The van der Waals surface area contributed by atoms with Crippen LogP contribution in [0, 0.1) is 0 Å². The monoisotopic (exact) mass is 233 g/mol. The summed E-state index contributed by atoms with van der Waals surface area (Å²) in [5.74, 6) is 1.69. The van der Waals surface area contributed by atoms with Gasteiger partial charge in [0, 0.05) is 6.04 Å². The fourth-order valence-electron chi connectivity index (χ4n) is 2.55. The van der Waals surface area contributed by atoms with Crippen molar-refractivity contribution in [3.63, 3.8) is 0 Å². The molecule has 1 aliphatic rings. The number of benzene rings is 1. The van der Waals surface area contributed by atoms with Crippen LogP contribution in [0.15, 0.2) is 24.3 Å². The van der Waals surface area contributed by atoms with Gasteiger partial charge in [-0.3, -0.25) is 0 Å². The van der Waals surface area contributed by atoms with Gasteiger partial charge in [-0.05, 0) is 63.8 Å². The van der Waals surface area contributed by atoms with Gasteiger partial charge in [-0.1, -0.05) is 12.1 Å². The Bertz CT molecular complexity index is 362. The van der Waals surface area contributed by atoms with Gasteiger partial charge in [0.15, 0.2) is 0 Å². The van der Waals surface area contributed by atoms with Crippen molar-refractivity contribution in [3.05, 3.63) is 29.8 Å². The number of hydrogen-bond donors (Lipinski definition) is 1. The van der Waals surface area contributed by atoms with Crippen molar-refractivity contribution < 1.29 is 4.74 Å². The zero-order valence-electron chi connectivity index (χ0n) is 11.1. The highest BCUT2D eigenvalue weighted by Crippen LogP contribution is 2.29. The van der Waals surface area contributed by atoms with Crippen molar-refractivity contribution in [2.45, 2.75) is 51.7 Å². The van der Waals surface area contributed by atoms with E-state index in [4.69, 9.17) is 4.74 Å². The third-order valence-corrected chi connectivity index (χ3v) is 3.32. The van der Waals surface area contributed by atoms with E-state index in [0.29, 0.717) is 12.0 Å². The number of ether oxygens (including phenoxy) is 1. The van der Waals surface area contributed by atoms with Crippen molar-refractivity contribution in [3.8, 4) is 5.75 Å². The SMILES string of the molecule is CC1CC(c2cccc(OC(C)C)c2)CCN1. The molecule has 1 fully saturated rings.